The van der Waals surface area contributed by atoms with Crippen LogP contribution < -0.4 is 5.32 Å². The number of nitrogens with one attached hydrogen (secondary N) is 1. The molecule has 23 heavy (non-hydrogen) atoms. The SMILES string of the molecule is Cn1ncc2c1NC(=O)C[C@@H]2c1ccc(-c2ccc(Br)cc2)o1. The quantitative estimate of drug-likeness (QED) is 0.742. The number of hydrogen-bond acceptors (Lipinski definition) is 3. The van der Waals surface area contributed by atoms with E-state index in [1.165, 1.54) is 0 Å². The highest BCUT2D eigenvalue weighted by Gasteiger charge is 2.31. The number of furan rings is 1. The fourth-order valence-electron chi connectivity index (χ4n) is 2.90. The molecule has 0 unspecified atom stereocenters. The molecule has 0 saturated heterocycles. The number of amides is 1. The summed E-state index contributed by atoms with van der Waals surface area (Å²) in [6.07, 6.45) is 2.16. The molecule has 6 heteroatoms. The van der Waals surface area contributed by atoms with Gasteiger partial charge in [-0.25, -0.2) is 0 Å². The van der Waals surface area contributed by atoms with Crippen molar-refractivity contribution in [2.24, 2.45) is 7.05 Å². The van der Waals surface area contributed by atoms with Crippen molar-refractivity contribution >= 4 is 27.7 Å². The maximum absolute atomic E-state index is 12.0. The van der Waals surface area contributed by atoms with E-state index in [0.29, 0.717) is 6.42 Å². The molecule has 0 fully saturated rings. The van der Waals surface area contributed by atoms with Gasteiger partial charge in [-0.05, 0) is 24.3 Å². The maximum atomic E-state index is 12.0. The lowest BCUT2D eigenvalue weighted by Gasteiger charge is -2.21. The van der Waals surface area contributed by atoms with Gasteiger partial charge in [0.1, 0.15) is 17.3 Å². The molecular weight excluding hydrogens is 358 g/mol. The molecule has 0 spiro atoms. The predicted molar refractivity (Wildman–Crippen MR) is 90.1 cm³/mol. The fourth-order valence-corrected chi connectivity index (χ4v) is 3.17. The number of fused-ring (bicyclic) bond motifs is 1. The summed E-state index contributed by atoms with van der Waals surface area (Å²) in [5.74, 6) is 2.20. The van der Waals surface area contributed by atoms with E-state index in [1.807, 2.05) is 43.4 Å². The third-order valence-electron chi connectivity index (χ3n) is 4.09. The van der Waals surface area contributed by atoms with Crippen molar-refractivity contribution in [1.82, 2.24) is 9.78 Å². The van der Waals surface area contributed by atoms with Gasteiger partial charge in [0.2, 0.25) is 5.91 Å². The average Bonchev–Trinajstić information content (AvgIpc) is 3.16. The summed E-state index contributed by atoms with van der Waals surface area (Å²) in [7, 11) is 1.82. The van der Waals surface area contributed by atoms with Gasteiger partial charge in [0.15, 0.2) is 0 Å². The Bertz CT molecular complexity index is 880. The first-order valence-corrected chi connectivity index (χ1v) is 8.08. The molecule has 1 N–H and O–H groups in total. The zero-order valence-electron chi connectivity index (χ0n) is 12.4. The van der Waals surface area contributed by atoms with Crippen molar-refractivity contribution in [3.63, 3.8) is 0 Å². The summed E-state index contributed by atoms with van der Waals surface area (Å²) < 4.78 is 8.73. The first-order chi connectivity index (χ1) is 11.1. The van der Waals surface area contributed by atoms with Crippen LogP contribution in [0.1, 0.15) is 23.7 Å². The number of carbonyl (C=O) groups excluding carboxylic acids is 1. The number of halogens is 1. The van der Waals surface area contributed by atoms with Crippen LogP contribution in [0.4, 0.5) is 5.82 Å². The van der Waals surface area contributed by atoms with Gasteiger partial charge in [-0.2, -0.15) is 5.10 Å². The smallest absolute Gasteiger partial charge is 0.226 e. The zero-order chi connectivity index (χ0) is 16.0. The third kappa shape index (κ3) is 2.49. The van der Waals surface area contributed by atoms with Crippen LogP contribution in [0.2, 0.25) is 0 Å². The minimum absolute atomic E-state index is 0.0207. The number of nitrogens with zero attached hydrogens (tertiary/aromatic N) is 2. The van der Waals surface area contributed by atoms with Gasteiger partial charge >= 0.3 is 0 Å². The fraction of sp³-hybridized carbons (Fsp3) is 0.176. The van der Waals surface area contributed by atoms with Crippen molar-refractivity contribution in [2.45, 2.75) is 12.3 Å². The van der Waals surface area contributed by atoms with E-state index in [4.69, 9.17) is 4.42 Å². The molecule has 2 aromatic heterocycles. The van der Waals surface area contributed by atoms with E-state index >= 15 is 0 Å². The van der Waals surface area contributed by atoms with E-state index < -0.39 is 0 Å². The second-order valence-electron chi connectivity index (χ2n) is 5.59. The number of aryl methyl sites for hydroxylation is 1. The number of carbonyl (C=O) groups is 1. The van der Waals surface area contributed by atoms with Gasteiger partial charge in [0.25, 0.3) is 0 Å². The van der Waals surface area contributed by atoms with Crippen molar-refractivity contribution in [2.75, 3.05) is 5.32 Å². The molecule has 3 aromatic rings. The lowest BCUT2D eigenvalue weighted by atomic mass is 9.92. The molecule has 3 heterocycles. The largest absolute Gasteiger partial charge is 0.460 e. The Morgan fingerprint density at radius 3 is 2.83 bits per heavy atom. The van der Waals surface area contributed by atoms with Crippen molar-refractivity contribution in [1.29, 1.82) is 0 Å². The van der Waals surface area contributed by atoms with Gasteiger partial charge in [0.05, 0.1) is 12.1 Å². The van der Waals surface area contributed by atoms with E-state index in [2.05, 4.69) is 26.3 Å². The topological polar surface area (TPSA) is 60.1 Å². The van der Waals surface area contributed by atoms with Gasteiger partial charge in [-0.3, -0.25) is 9.48 Å². The molecule has 1 aliphatic heterocycles. The predicted octanol–water partition coefficient (Wildman–Crippen LogP) is 3.92. The summed E-state index contributed by atoms with van der Waals surface area (Å²) in [5, 5.41) is 7.11. The highest BCUT2D eigenvalue weighted by atomic mass is 79.9. The standard InChI is InChI=1S/C17H14BrN3O2/c1-21-17-13(9-19-21)12(8-16(22)20-17)15-7-6-14(23-15)10-2-4-11(18)5-3-10/h2-7,9,12H,8H2,1H3,(H,20,22)/t12-/m0/s1. The molecule has 1 aliphatic rings. The molecule has 4 rings (SSSR count). The van der Waals surface area contributed by atoms with Crippen molar-refractivity contribution in [3.8, 4) is 11.3 Å². The van der Waals surface area contributed by atoms with Crippen LogP contribution in [0.25, 0.3) is 11.3 Å². The monoisotopic (exact) mass is 371 g/mol. The Kier molecular flexibility index (Phi) is 3.34. The molecule has 5 nitrogen and oxygen atoms in total. The molecule has 0 bridgehead atoms. The average molecular weight is 372 g/mol. The molecule has 0 saturated carbocycles. The number of hydrogen-bond donors (Lipinski definition) is 1. The zero-order valence-corrected chi connectivity index (χ0v) is 14.0. The van der Waals surface area contributed by atoms with E-state index in [-0.39, 0.29) is 11.8 Å². The van der Waals surface area contributed by atoms with E-state index in [1.54, 1.807) is 10.9 Å². The minimum Gasteiger partial charge on any atom is -0.460 e. The van der Waals surface area contributed by atoms with E-state index in [0.717, 1.165) is 32.9 Å². The third-order valence-corrected chi connectivity index (χ3v) is 4.62. The molecule has 0 radical (unpaired) electrons. The minimum atomic E-state index is -0.100. The first kappa shape index (κ1) is 14.3. The van der Waals surface area contributed by atoms with Crippen LogP contribution in [0.15, 0.2) is 51.5 Å². The summed E-state index contributed by atoms with van der Waals surface area (Å²) in [5.41, 5.74) is 2.00. The summed E-state index contributed by atoms with van der Waals surface area (Å²) in [6.45, 7) is 0. The van der Waals surface area contributed by atoms with Crippen molar-refractivity contribution < 1.29 is 9.21 Å². The summed E-state index contributed by atoms with van der Waals surface area (Å²) in [6, 6.07) is 11.8. The Morgan fingerprint density at radius 2 is 2.04 bits per heavy atom. The van der Waals surface area contributed by atoms with Gasteiger partial charge < -0.3 is 9.73 Å². The number of benzene rings is 1. The summed E-state index contributed by atoms with van der Waals surface area (Å²) in [4.78, 5) is 12.0. The Labute approximate surface area is 141 Å². The second kappa shape index (κ2) is 5.38. The maximum Gasteiger partial charge on any atom is 0.226 e. The Balaban J connectivity index is 1.72. The van der Waals surface area contributed by atoms with Crippen LogP contribution in [0, 0.1) is 0 Å². The molecule has 1 amide bonds. The second-order valence-corrected chi connectivity index (χ2v) is 6.50. The van der Waals surface area contributed by atoms with Gasteiger partial charge in [-0.15, -0.1) is 0 Å². The first-order valence-electron chi connectivity index (χ1n) is 7.29. The number of aromatic nitrogens is 2. The highest BCUT2D eigenvalue weighted by molar-refractivity contribution is 9.10. The number of rotatable bonds is 2. The van der Waals surface area contributed by atoms with Crippen LogP contribution in [-0.2, 0) is 11.8 Å². The lowest BCUT2D eigenvalue weighted by Crippen LogP contribution is -2.24. The lowest BCUT2D eigenvalue weighted by molar-refractivity contribution is -0.116. The normalized spacial score (nSPS) is 17.0. The van der Waals surface area contributed by atoms with Crippen LogP contribution in [-0.4, -0.2) is 15.7 Å². The van der Waals surface area contributed by atoms with E-state index in [9.17, 15) is 4.79 Å². The molecular formula is C17H14BrN3O2. The molecule has 0 aliphatic carbocycles. The highest BCUT2D eigenvalue weighted by Crippen LogP contribution is 2.38. The van der Waals surface area contributed by atoms with Crippen LogP contribution >= 0.6 is 15.9 Å². The van der Waals surface area contributed by atoms with Crippen molar-refractivity contribution in [3.05, 3.63) is 58.4 Å². The van der Waals surface area contributed by atoms with Gasteiger partial charge in [0, 0.05) is 29.1 Å². The van der Waals surface area contributed by atoms with Crippen LogP contribution in [0.5, 0.6) is 0 Å². The van der Waals surface area contributed by atoms with Crippen LogP contribution in [0.3, 0.4) is 0 Å². The summed E-state index contributed by atoms with van der Waals surface area (Å²) >= 11 is 3.43. The number of anilines is 1. The Hall–Kier alpha value is -2.34. The molecule has 1 atom stereocenters. The Morgan fingerprint density at radius 1 is 1.26 bits per heavy atom. The van der Waals surface area contributed by atoms with Gasteiger partial charge in [-0.1, -0.05) is 28.1 Å². The molecule has 1 aromatic carbocycles. The molecule has 116 valence electrons.